The minimum absolute atomic E-state index is 0.137. The molecule has 0 bridgehead atoms. The summed E-state index contributed by atoms with van der Waals surface area (Å²) >= 11 is 5.81. The molecule has 0 saturated carbocycles. The third kappa shape index (κ3) is 2.75. The van der Waals surface area contributed by atoms with Crippen LogP contribution in [0.25, 0.3) is 0 Å². The molecule has 1 aromatic heterocycles. The zero-order valence-electron chi connectivity index (χ0n) is 8.76. The van der Waals surface area contributed by atoms with Crippen molar-refractivity contribution in [1.29, 1.82) is 0 Å². The molecule has 1 aromatic rings. The first kappa shape index (κ1) is 12.3. The molecule has 3 atom stereocenters. The van der Waals surface area contributed by atoms with Gasteiger partial charge in [-0.15, -0.1) is 0 Å². The summed E-state index contributed by atoms with van der Waals surface area (Å²) in [5.41, 5.74) is -0.553. The third-order valence-electron chi connectivity index (χ3n) is 2.44. The molecular formula is C9H12ClN3O4. The lowest BCUT2D eigenvalue weighted by atomic mass is 10.2. The summed E-state index contributed by atoms with van der Waals surface area (Å²) in [4.78, 5) is 16.9. The molecule has 1 saturated heterocycles. The molecule has 7 nitrogen and oxygen atoms in total. The van der Waals surface area contributed by atoms with Crippen molar-refractivity contribution in [3.8, 4) is 0 Å². The highest BCUT2D eigenvalue weighted by atomic mass is 35.5. The van der Waals surface area contributed by atoms with Gasteiger partial charge in [-0.05, 0) is 0 Å². The zero-order valence-corrected chi connectivity index (χ0v) is 9.52. The Morgan fingerprint density at radius 2 is 2.47 bits per heavy atom. The van der Waals surface area contributed by atoms with Gasteiger partial charge in [0, 0.05) is 12.6 Å². The van der Waals surface area contributed by atoms with Gasteiger partial charge in [0.2, 0.25) is 0 Å². The minimum Gasteiger partial charge on any atom is -0.394 e. The van der Waals surface area contributed by atoms with Crippen LogP contribution in [0, 0.1) is 0 Å². The van der Waals surface area contributed by atoms with E-state index in [-0.39, 0.29) is 17.4 Å². The molecule has 0 aliphatic carbocycles. The van der Waals surface area contributed by atoms with Crippen LogP contribution in [0.2, 0.25) is 5.02 Å². The molecule has 8 heteroatoms. The van der Waals surface area contributed by atoms with Crippen molar-refractivity contribution in [2.45, 2.75) is 24.9 Å². The number of nitrogens with one attached hydrogen (secondary N) is 2. The van der Waals surface area contributed by atoms with E-state index in [1.165, 1.54) is 6.20 Å². The molecule has 0 aromatic carbocycles. The maximum absolute atomic E-state index is 11.0. The standard InChI is InChI=1S/C9H12ClN3O4/c10-5-2-11-9(16)13-7(5)12-8-6(15)1-4(3-14)17-8/h2,4,6,8,14-15H,1,3H2,(H2,11,12,13,16)/t4-,6+,8+/m0/s1. The Kier molecular flexibility index (Phi) is 3.63. The highest BCUT2D eigenvalue weighted by molar-refractivity contribution is 6.32. The fourth-order valence-corrected chi connectivity index (χ4v) is 1.76. The van der Waals surface area contributed by atoms with Crippen LogP contribution < -0.4 is 11.0 Å². The number of aromatic nitrogens is 2. The maximum atomic E-state index is 11.0. The molecule has 17 heavy (non-hydrogen) atoms. The average molecular weight is 262 g/mol. The topological polar surface area (TPSA) is 107 Å². The Bertz CT molecular complexity index is 452. The van der Waals surface area contributed by atoms with Crippen LogP contribution in [0.3, 0.4) is 0 Å². The lowest BCUT2D eigenvalue weighted by Crippen LogP contribution is -2.31. The Morgan fingerprint density at radius 1 is 1.71 bits per heavy atom. The number of aliphatic hydroxyl groups excluding tert-OH is 2. The number of halogens is 1. The largest absolute Gasteiger partial charge is 0.394 e. The fourth-order valence-electron chi connectivity index (χ4n) is 1.61. The Balaban J connectivity index is 2.11. The molecular weight excluding hydrogens is 250 g/mol. The number of hydrogen-bond acceptors (Lipinski definition) is 6. The van der Waals surface area contributed by atoms with E-state index in [0.717, 1.165) is 0 Å². The van der Waals surface area contributed by atoms with Crippen molar-refractivity contribution >= 4 is 17.4 Å². The first-order chi connectivity index (χ1) is 8.10. The van der Waals surface area contributed by atoms with E-state index in [2.05, 4.69) is 15.3 Å². The normalized spacial score (nSPS) is 28.3. The number of H-pyrrole nitrogens is 1. The smallest absolute Gasteiger partial charge is 0.346 e. The Morgan fingerprint density at radius 3 is 3.12 bits per heavy atom. The Hall–Kier alpha value is -1.15. The van der Waals surface area contributed by atoms with E-state index in [0.29, 0.717) is 6.42 Å². The third-order valence-corrected chi connectivity index (χ3v) is 2.73. The number of rotatable bonds is 3. The van der Waals surface area contributed by atoms with E-state index < -0.39 is 24.1 Å². The molecule has 1 aliphatic heterocycles. The lowest BCUT2D eigenvalue weighted by Gasteiger charge is -2.17. The van der Waals surface area contributed by atoms with Gasteiger partial charge in [0.1, 0.15) is 6.10 Å². The second kappa shape index (κ2) is 5.01. The van der Waals surface area contributed by atoms with E-state index in [1.54, 1.807) is 0 Å². The molecule has 0 radical (unpaired) electrons. The molecule has 0 spiro atoms. The predicted molar refractivity (Wildman–Crippen MR) is 59.9 cm³/mol. The van der Waals surface area contributed by atoms with Gasteiger partial charge in [-0.1, -0.05) is 11.6 Å². The molecule has 2 heterocycles. The highest BCUT2D eigenvalue weighted by Crippen LogP contribution is 2.23. The van der Waals surface area contributed by atoms with Crippen LogP contribution in [-0.2, 0) is 4.74 Å². The molecule has 2 rings (SSSR count). The summed E-state index contributed by atoms with van der Waals surface area (Å²) in [6.07, 6.45) is -0.342. The second-order valence-corrected chi connectivity index (χ2v) is 4.12. The van der Waals surface area contributed by atoms with Gasteiger partial charge in [0.05, 0.1) is 17.7 Å². The number of ether oxygens (including phenoxy) is 1. The van der Waals surface area contributed by atoms with E-state index >= 15 is 0 Å². The van der Waals surface area contributed by atoms with Crippen LogP contribution in [0.1, 0.15) is 6.42 Å². The van der Waals surface area contributed by atoms with Crippen LogP contribution >= 0.6 is 11.6 Å². The van der Waals surface area contributed by atoms with E-state index in [9.17, 15) is 9.90 Å². The molecule has 4 N–H and O–H groups in total. The summed E-state index contributed by atoms with van der Waals surface area (Å²) in [5.74, 6) is 0.137. The van der Waals surface area contributed by atoms with Gasteiger partial charge in [0.15, 0.2) is 12.0 Å². The van der Waals surface area contributed by atoms with Crippen LogP contribution in [0.4, 0.5) is 5.82 Å². The molecule has 0 unspecified atom stereocenters. The first-order valence-electron chi connectivity index (χ1n) is 5.06. The number of nitrogens with zero attached hydrogens (tertiary/aromatic N) is 1. The molecule has 1 aliphatic rings. The van der Waals surface area contributed by atoms with Crippen LogP contribution in [0.15, 0.2) is 11.0 Å². The number of aromatic amines is 1. The van der Waals surface area contributed by atoms with Gasteiger partial charge in [-0.3, -0.25) is 0 Å². The predicted octanol–water partition coefficient (Wildman–Crippen LogP) is -0.697. The summed E-state index contributed by atoms with van der Waals surface area (Å²) < 4.78 is 5.30. The van der Waals surface area contributed by atoms with Crippen molar-refractivity contribution in [3.05, 3.63) is 21.7 Å². The number of anilines is 1. The van der Waals surface area contributed by atoms with Crippen LogP contribution in [-0.4, -0.2) is 45.2 Å². The van der Waals surface area contributed by atoms with Crippen molar-refractivity contribution < 1.29 is 14.9 Å². The van der Waals surface area contributed by atoms with Crippen molar-refractivity contribution in [2.75, 3.05) is 11.9 Å². The quantitative estimate of drug-likeness (QED) is 0.573. The number of aliphatic hydroxyl groups is 2. The molecule has 1 fully saturated rings. The van der Waals surface area contributed by atoms with E-state index in [4.69, 9.17) is 21.4 Å². The number of hydrogen-bond donors (Lipinski definition) is 4. The average Bonchev–Trinajstić information content (AvgIpc) is 2.65. The van der Waals surface area contributed by atoms with Gasteiger partial charge >= 0.3 is 5.69 Å². The summed E-state index contributed by atoms with van der Waals surface area (Å²) in [5, 5.41) is 21.5. The fraction of sp³-hybridized carbons (Fsp3) is 0.556. The van der Waals surface area contributed by atoms with Crippen molar-refractivity contribution in [3.63, 3.8) is 0 Å². The minimum atomic E-state index is -0.788. The van der Waals surface area contributed by atoms with E-state index in [1.807, 2.05) is 0 Å². The monoisotopic (exact) mass is 261 g/mol. The van der Waals surface area contributed by atoms with Gasteiger partial charge in [0.25, 0.3) is 0 Å². The summed E-state index contributed by atoms with van der Waals surface area (Å²) in [6, 6.07) is 0. The van der Waals surface area contributed by atoms with Gasteiger partial charge in [-0.2, -0.15) is 4.98 Å². The van der Waals surface area contributed by atoms with Crippen molar-refractivity contribution in [1.82, 2.24) is 9.97 Å². The second-order valence-electron chi connectivity index (χ2n) is 3.71. The summed E-state index contributed by atoms with van der Waals surface area (Å²) in [7, 11) is 0. The van der Waals surface area contributed by atoms with Gasteiger partial charge in [-0.25, -0.2) is 4.79 Å². The highest BCUT2D eigenvalue weighted by Gasteiger charge is 2.34. The summed E-state index contributed by atoms with van der Waals surface area (Å²) in [6.45, 7) is -0.175. The zero-order chi connectivity index (χ0) is 12.4. The Labute approximate surface area is 101 Å². The SMILES string of the molecule is O=c1nc(N[C@@H]2O[C@H](CO)C[C@H]2O)c(Cl)c[nH]1. The first-order valence-corrected chi connectivity index (χ1v) is 5.44. The maximum Gasteiger partial charge on any atom is 0.346 e. The van der Waals surface area contributed by atoms with Gasteiger partial charge < -0.3 is 25.3 Å². The lowest BCUT2D eigenvalue weighted by molar-refractivity contribution is 0.00514. The molecule has 94 valence electrons. The molecule has 0 amide bonds. The van der Waals surface area contributed by atoms with Crippen molar-refractivity contribution in [2.24, 2.45) is 0 Å². The van der Waals surface area contributed by atoms with Crippen LogP contribution in [0.5, 0.6) is 0 Å².